The molecule has 166 valence electrons. The van der Waals surface area contributed by atoms with E-state index >= 15 is 0 Å². The summed E-state index contributed by atoms with van der Waals surface area (Å²) in [5.74, 6) is 1.03. The zero-order valence-electron chi connectivity index (χ0n) is 18.7. The molecular formula is C26H36N4O. The van der Waals surface area contributed by atoms with Crippen molar-refractivity contribution in [2.24, 2.45) is 11.7 Å². The van der Waals surface area contributed by atoms with Gasteiger partial charge < -0.3 is 10.3 Å². The number of pyridine rings is 1. The van der Waals surface area contributed by atoms with Crippen LogP contribution >= 0.6 is 0 Å². The molecule has 3 aromatic rings. The third kappa shape index (κ3) is 6.49. The van der Waals surface area contributed by atoms with Gasteiger partial charge in [-0.3, -0.25) is 14.7 Å². The number of carbonyl (C=O) groups is 1. The Hall–Kier alpha value is -2.50. The first-order valence-electron chi connectivity index (χ1n) is 11.6. The third-order valence-electron chi connectivity index (χ3n) is 6.35. The lowest BCUT2D eigenvalue weighted by Gasteiger charge is -2.30. The average Bonchev–Trinajstić information content (AvgIpc) is 3.33. The maximum atomic E-state index is 10.6. The van der Waals surface area contributed by atoms with E-state index in [1.807, 2.05) is 24.3 Å². The fourth-order valence-corrected chi connectivity index (χ4v) is 4.63. The lowest BCUT2D eigenvalue weighted by Crippen LogP contribution is -2.34. The van der Waals surface area contributed by atoms with Gasteiger partial charge in [0, 0.05) is 48.7 Å². The summed E-state index contributed by atoms with van der Waals surface area (Å²) < 4.78 is 2.40. The van der Waals surface area contributed by atoms with Crippen molar-refractivity contribution in [3.8, 4) is 0 Å². The van der Waals surface area contributed by atoms with Crippen molar-refractivity contribution in [3.63, 3.8) is 0 Å². The predicted molar refractivity (Wildman–Crippen MR) is 128 cm³/mol. The quantitative estimate of drug-likeness (QED) is 0.610. The minimum absolute atomic E-state index is 0.695. The second-order valence-corrected chi connectivity index (χ2v) is 8.30. The van der Waals surface area contributed by atoms with Crippen LogP contribution in [0.1, 0.15) is 54.6 Å². The first-order chi connectivity index (χ1) is 15.3. The van der Waals surface area contributed by atoms with E-state index in [2.05, 4.69) is 38.5 Å². The van der Waals surface area contributed by atoms with Crippen LogP contribution in [0.5, 0.6) is 0 Å². The smallest absolute Gasteiger partial charge is 0.150 e. The van der Waals surface area contributed by atoms with E-state index in [0.717, 1.165) is 23.1 Å². The van der Waals surface area contributed by atoms with Gasteiger partial charge >= 0.3 is 0 Å². The van der Waals surface area contributed by atoms with Crippen LogP contribution in [0.3, 0.4) is 0 Å². The summed E-state index contributed by atoms with van der Waals surface area (Å²) in [7, 11) is 1.50. The second-order valence-electron chi connectivity index (χ2n) is 8.30. The van der Waals surface area contributed by atoms with Gasteiger partial charge in [0.15, 0.2) is 6.29 Å². The number of nitrogens with zero attached hydrogens (tertiary/aromatic N) is 3. The molecule has 2 N–H and O–H groups in total. The Balaban J connectivity index is 0.000000171. The van der Waals surface area contributed by atoms with E-state index in [-0.39, 0.29) is 0 Å². The van der Waals surface area contributed by atoms with Gasteiger partial charge in [-0.15, -0.1) is 0 Å². The van der Waals surface area contributed by atoms with Crippen molar-refractivity contribution in [1.29, 1.82) is 0 Å². The van der Waals surface area contributed by atoms with Gasteiger partial charge in [-0.1, -0.05) is 50.3 Å². The zero-order valence-corrected chi connectivity index (χ0v) is 18.7. The van der Waals surface area contributed by atoms with Crippen LogP contribution in [-0.4, -0.2) is 40.9 Å². The van der Waals surface area contributed by atoms with Crippen molar-refractivity contribution in [1.82, 2.24) is 14.5 Å². The highest BCUT2D eigenvalue weighted by molar-refractivity contribution is 5.96. The summed E-state index contributed by atoms with van der Waals surface area (Å²) >= 11 is 0. The van der Waals surface area contributed by atoms with Gasteiger partial charge in [-0.25, -0.2) is 0 Å². The average molecular weight is 421 g/mol. The Kier molecular flexibility index (Phi) is 9.25. The van der Waals surface area contributed by atoms with Crippen LogP contribution in [0, 0.1) is 5.92 Å². The highest BCUT2D eigenvalue weighted by Crippen LogP contribution is 2.27. The first kappa shape index (κ1) is 23.2. The molecule has 1 aliphatic heterocycles. The molecule has 3 heterocycles. The monoisotopic (exact) mass is 420 g/mol. The third-order valence-corrected chi connectivity index (χ3v) is 6.35. The molecule has 5 heteroatoms. The fourth-order valence-electron chi connectivity index (χ4n) is 4.63. The molecule has 0 bridgehead atoms. The van der Waals surface area contributed by atoms with E-state index < -0.39 is 0 Å². The number of nitrogens with two attached hydrogens (primary N) is 1. The van der Waals surface area contributed by atoms with Gasteiger partial charge in [0.2, 0.25) is 0 Å². The second kappa shape index (κ2) is 12.4. The Labute approximate surface area is 186 Å². The standard InChI is InChI=1S/C15H24N2.C10H7NO.CH5N/c1-2-5-14(6-3-1)8-10-16-11-12-17-9-4-7-15(17)13-16;12-7-8-3-1-5-10-9(8)4-2-6-11-10;1-2/h4,7,9,14H,1-3,5-6,8,10-13H2;1-7H;2H2,1H3. The fraction of sp³-hybridized carbons (Fsp3) is 0.462. The van der Waals surface area contributed by atoms with Gasteiger partial charge in [0.05, 0.1) is 5.52 Å². The first-order valence-corrected chi connectivity index (χ1v) is 11.6. The largest absolute Gasteiger partial charge is 0.349 e. The topological polar surface area (TPSA) is 64.2 Å². The summed E-state index contributed by atoms with van der Waals surface area (Å²) in [6, 6.07) is 13.7. The van der Waals surface area contributed by atoms with E-state index in [4.69, 9.17) is 0 Å². The number of carbonyl (C=O) groups excluding carboxylic acids is 1. The summed E-state index contributed by atoms with van der Waals surface area (Å²) in [4.78, 5) is 17.4. The van der Waals surface area contributed by atoms with Crippen molar-refractivity contribution in [2.45, 2.75) is 51.6 Å². The summed E-state index contributed by atoms with van der Waals surface area (Å²) in [6.45, 7) is 4.91. The van der Waals surface area contributed by atoms with Crippen LogP contribution in [0.4, 0.5) is 0 Å². The van der Waals surface area contributed by atoms with Crippen molar-refractivity contribution in [2.75, 3.05) is 20.1 Å². The molecular weight excluding hydrogens is 384 g/mol. The van der Waals surface area contributed by atoms with Crippen LogP contribution in [0.15, 0.2) is 54.9 Å². The Morgan fingerprint density at radius 3 is 2.68 bits per heavy atom. The lowest BCUT2D eigenvalue weighted by atomic mass is 9.87. The number of benzene rings is 1. The highest BCUT2D eigenvalue weighted by atomic mass is 16.1. The minimum Gasteiger partial charge on any atom is -0.349 e. The molecule has 1 aliphatic carbocycles. The number of fused-ring (bicyclic) bond motifs is 2. The molecule has 1 fully saturated rings. The number of rotatable bonds is 4. The highest BCUT2D eigenvalue weighted by Gasteiger charge is 2.18. The molecule has 0 saturated heterocycles. The molecule has 0 atom stereocenters. The molecule has 31 heavy (non-hydrogen) atoms. The summed E-state index contributed by atoms with van der Waals surface area (Å²) in [5.41, 5.74) is 7.56. The van der Waals surface area contributed by atoms with Crippen LogP contribution in [0.25, 0.3) is 10.9 Å². The maximum absolute atomic E-state index is 10.6. The number of hydrogen-bond donors (Lipinski definition) is 1. The molecule has 2 aromatic heterocycles. The number of aldehydes is 1. The Morgan fingerprint density at radius 1 is 1.03 bits per heavy atom. The zero-order chi connectivity index (χ0) is 21.9. The van der Waals surface area contributed by atoms with Crippen LogP contribution in [0.2, 0.25) is 0 Å². The van der Waals surface area contributed by atoms with E-state index in [1.165, 1.54) is 77.4 Å². The molecule has 1 aromatic carbocycles. The van der Waals surface area contributed by atoms with Crippen molar-refractivity contribution in [3.05, 3.63) is 66.1 Å². The van der Waals surface area contributed by atoms with E-state index in [1.54, 1.807) is 12.3 Å². The molecule has 5 rings (SSSR count). The summed E-state index contributed by atoms with van der Waals surface area (Å²) in [6.07, 6.45) is 13.6. The SMILES string of the molecule is CN.O=Cc1cccc2ncccc12.c1cc2n(c1)CCN(CCC1CCCCC1)C2. The van der Waals surface area contributed by atoms with Gasteiger partial charge in [0.25, 0.3) is 0 Å². The summed E-state index contributed by atoms with van der Waals surface area (Å²) in [5, 5.41) is 0.912. The Morgan fingerprint density at radius 2 is 1.87 bits per heavy atom. The number of hydrogen-bond acceptors (Lipinski definition) is 4. The van der Waals surface area contributed by atoms with Crippen LogP contribution in [-0.2, 0) is 13.1 Å². The normalized spacial score (nSPS) is 16.5. The molecule has 0 spiro atoms. The molecule has 0 radical (unpaired) electrons. The van der Waals surface area contributed by atoms with Gasteiger partial charge in [-0.05, 0) is 50.2 Å². The van der Waals surface area contributed by atoms with E-state index in [0.29, 0.717) is 5.56 Å². The molecule has 5 nitrogen and oxygen atoms in total. The maximum Gasteiger partial charge on any atom is 0.150 e. The molecule has 2 aliphatic rings. The molecule has 0 amide bonds. The Bertz CT molecular complexity index is 925. The van der Waals surface area contributed by atoms with Crippen molar-refractivity contribution < 1.29 is 4.79 Å². The van der Waals surface area contributed by atoms with Crippen LogP contribution < -0.4 is 5.73 Å². The van der Waals surface area contributed by atoms with E-state index in [9.17, 15) is 4.79 Å². The van der Waals surface area contributed by atoms with Gasteiger partial charge in [-0.2, -0.15) is 0 Å². The predicted octanol–water partition coefficient (Wildman–Crippen LogP) is 4.90. The van der Waals surface area contributed by atoms with Gasteiger partial charge in [0.1, 0.15) is 0 Å². The van der Waals surface area contributed by atoms with Crippen molar-refractivity contribution >= 4 is 17.2 Å². The lowest BCUT2D eigenvalue weighted by molar-refractivity contribution is 0.112. The molecule has 0 unspecified atom stereocenters. The molecule has 1 saturated carbocycles. The number of aromatic nitrogens is 2. The minimum atomic E-state index is 0.695.